The van der Waals surface area contributed by atoms with Crippen molar-refractivity contribution in [3.8, 4) is 11.1 Å². The third-order valence-electron chi connectivity index (χ3n) is 5.81. The molecule has 3 aromatic carbocycles. The van der Waals surface area contributed by atoms with Crippen LogP contribution in [0.3, 0.4) is 0 Å². The van der Waals surface area contributed by atoms with Crippen molar-refractivity contribution >= 4 is 12.1 Å². The van der Waals surface area contributed by atoms with E-state index in [0.29, 0.717) is 12.8 Å². The summed E-state index contributed by atoms with van der Waals surface area (Å²) in [6.45, 7) is 0.127. The summed E-state index contributed by atoms with van der Waals surface area (Å²) in [4.78, 5) is 24.0. The van der Waals surface area contributed by atoms with Gasteiger partial charge in [0.1, 0.15) is 18.5 Å². The minimum absolute atomic E-state index is 0.0881. The van der Waals surface area contributed by atoms with Crippen LogP contribution in [0, 0.1) is 5.82 Å². The molecule has 0 aliphatic heterocycles. The number of alkyl carbamates (subject to hydrolysis) is 1. The predicted octanol–water partition coefficient (Wildman–Crippen LogP) is 5.14. The molecular formula is C26H24FNO4. The van der Waals surface area contributed by atoms with Crippen molar-refractivity contribution < 1.29 is 23.8 Å². The molecule has 0 fully saturated rings. The van der Waals surface area contributed by atoms with Crippen LogP contribution in [0.2, 0.25) is 0 Å². The normalized spacial score (nSPS) is 13.2. The Labute approximate surface area is 185 Å². The molecule has 32 heavy (non-hydrogen) atoms. The van der Waals surface area contributed by atoms with Crippen LogP contribution >= 0.6 is 0 Å². The number of nitrogens with one attached hydrogen (secondary N) is 1. The highest BCUT2D eigenvalue weighted by molar-refractivity contribution is 5.81. The van der Waals surface area contributed by atoms with E-state index < -0.39 is 18.1 Å². The molecule has 0 aromatic heterocycles. The lowest BCUT2D eigenvalue weighted by Crippen LogP contribution is -2.41. The quantitative estimate of drug-likeness (QED) is 0.516. The number of ether oxygens (including phenoxy) is 1. The van der Waals surface area contributed by atoms with Gasteiger partial charge in [-0.05, 0) is 59.2 Å². The molecule has 0 heterocycles. The first kappa shape index (κ1) is 21.6. The summed E-state index contributed by atoms with van der Waals surface area (Å²) in [6, 6.07) is 21.1. The zero-order valence-corrected chi connectivity index (χ0v) is 17.5. The summed E-state index contributed by atoms with van der Waals surface area (Å²) in [6.07, 6.45) is 0.626. The number of carbonyl (C=O) groups excluding carboxylic acids is 1. The Morgan fingerprint density at radius 2 is 1.53 bits per heavy atom. The lowest BCUT2D eigenvalue weighted by atomic mass is 9.98. The summed E-state index contributed by atoms with van der Waals surface area (Å²) in [7, 11) is 0. The molecule has 4 rings (SSSR count). The van der Waals surface area contributed by atoms with Gasteiger partial charge in [-0.3, -0.25) is 0 Å². The van der Waals surface area contributed by atoms with E-state index in [1.54, 1.807) is 12.1 Å². The number of benzene rings is 3. The van der Waals surface area contributed by atoms with Crippen molar-refractivity contribution in [1.29, 1.82) is 0 Å². The fraction of sp³-hybridized carbons (Fsp3) is 0.231. The van der Waals surface area contributed by atoms with Gasteiger partial charge in [-0.2, -0.15) is 0 Å². The molecule has 0 spiro atoms. The van der Waals surface area contributed by atoms with Crippen molar-refractivity contribution in [3.63, 3.8) is 0 Å². The Bertz CT molecular complexity index is 1070. The second-order valence-electron chi connectivity index (χ2n) is 7.88. The minimum atomic E-state index is -1.11. The van der Waals surface area contributed by atoms with Gasteiger partial charge < -0.3 is 15.2 Å². The number of carboxylic acids is 1. The van der Waals surface area contributed by atoms with Gasteiger partial charge in [-0.15, -0.1) is 0 Å². The summed E-state index contributed by atoms with van der Waals surface area (Å²) < 4.78 is 18.4. The van der Waals surface area contributed by atoms with Crippen LogP contribution in [0.25, 0.3) is 11.1 Å². The number of carboxylic acid groups (broad SMARTS) is 1. The number of aliphatic carboxylic acids is 1. The maximum atomic E-state index is 13.0. The van der Waals surface area contributed by atoms with Gasteiger partial charge in [0.15, 0.2) is 0 Å². The maximum Gasteiger partial charge on any atom is 0.407 e. The number of aryl methyl sites for hydroxylation is 1. The Morgan fingerprint density at radius 3 is 2.12 bits per heavy atom. The number of halogens is 1. The average molecular weight is 433 g/mol. The summed E-state index contributed by atoms with van der Waals surface area (Å²) >= 11 is 0. The number of hydrogen-bond acceptors (Lipinski definition) is 3. The van der Waals surface area contributed by atoms with E-state index >= 15 is 0 Å². The van der Waals surface area contributed by atoms with Crippen molar-refractivity contribution in [2.45, 2.75) is 31.2 Å². The minimum Gasteiger partial charge on any atom is -0.480 e. The molecule has 0 bridgehead atoms. The van der Waals surface area contributed by atoms with Crippen molar-refractivity contribution in [2.24, 2.45) is 0 Å². The molecule has 3 aromatic rings. The molecule has 1 atom stereocenters. The molecule has 0 radical (unpaired) electrons. The van der Waals surface area contributed by atoms with E-state index in [0.717, 1.165) is 27.8 Å². The first-order valence-electron chi connectivity index (χ1n) is 10.6. The van der Waals surface area contributed by atoms with E-state index in [2.05, 4.69) is 17.4 Å². The highest BCUT2D eigenvalue weighted by atomic mass is 19.1. The van der Waals surface area contributed by atoms with Gasteiger partial charge in [0.2, 0.25) is 0 Å². The molecule has 5 nitrogen and oxygen atoms in total. The van der Waals surface area contributed by atoms with Gasteiger partial charge in [0.25, 0.3) is 0 Å². The Kier molecular flexibility index (Phi) is 6.50. The lowest BCUT2D eigenvalue weighted by molar-refractivity contribution is -0.139. The molecule has 0 saturated carbocycles. The summed E-state index contributed by atoms with van der Waals surface area (Å²) in [5.74, 6) is -1.51. The van der Waals surface area contributed by atoms with Crippen LogP contribution < -0.4 is 5.32 Å². The molecule has 0 saturated heterocycles. The first-order chi connectivity index (χ1) is 15.5. The lowest BCUT2D eigenvalue weighted by Gasteiger charge is -2.17. The molecular weight excluding hydrogens is 409 g/mol. The number of fused-ring (bicyclic) bond motifs is 3. The molecule has 6 heteroatoms. The highest BCUT2D eigenvalue weighted by Crippen LogP contribution is 2.44. The number of carbonyl (C=O) groups is 2. The van der Waals surface area contributed by atoms with Crippen LogP contribution in [0.1, 0.15) is 35.4 Å². The smallest absolute Gasteiger partial charge is 0.407 e. The average Bonchev–Trinajstić information content (AvgIpc) is 3.12. The van der Waals surface area contributed by atoms with Crippen LogP contribution in [0.5, 0.6) is 0 Å². The molecule has 1 aliphatic carbocycles. The molecule has 1 aliphatic rings. The van der Waals surface area contributed by atoms with Crippen LogP contribution in [0.15, 0.2) is 72.8 Å². The monoisotopic (exact) mass is 433 g/mol. The SMILES string of the molecule is O=C(NC(CCCc1ccc(F)cc1)C(=O)O)OCC1c2ccccc2-c2ccccc21. The summed E-state index contributed by atoms with van der Waals surface area (Å²) in [5.41, 5.74) is 5.35. The third-order valence-corrected chi connectivity index (χ3v) is 5.81. The highest BCUT2D eigenvalue weighted by Gasteiger charge is 2.29. The zero-order valence-electron chi connectivity index (χ0n) is 17.5. The number of hydrogen-bond donors (Lipinski definition) is 2. The largest absolute Gasteiger partial charge is 0.480 e. The van der Waals surface area contributed by atoms with Gasteiger partial charge in [0.05, 0.1) is 0 Å². The Morgan fingerprint density at radius 1 is 0.938 bits per heavy atom. The topological polar surface area (TPSA) is 75.6 Å². The van der Waals surface area contributed by atoms with Crippen molar-refractivity contribution in [2.75, 3.05) is 6.61 Å². The van der Waals surface area contributed by atoms with Gasteiger partial charge >= 0.3 is 12.1 Å². The van der Waals surface area contributed by atoms with Crippen LogP contribution in [-0.4, -0.2) is 29.8 Å². The Hall–Kier alpha value is -3.67. The second-order valence-corrected chi connectivity index (χ2v) is 7.88. The van der Waals surface area contributed by atoms with E-state index in [4.69, 9.17) is 4.74 Å². The van der Waals surface area contributed by atoms with E-state index in [-0.39, 0.29) is 24.8 Å². The van der Waals surface area contributed by atoms with E-state index in [1.807, 2.05) is 36.4 Å². The van der Waals surface area contributed by atoms with Crippen molar-refractivity contribution in [3.05, 3.63) is 95.3 Å². The number of rotatable bonds is 8. The van der Waals surface area contributed by atoms with E-state index in [1.165, 1.54) is 12.1 Å². The standard InChI is InChI=1S/C26H24FNO4/c27-18-14-12-17(13-15-18)6-5-11-24(25(29)30)28-26(31)32-16-23-21-9-3-1-7-19(21)20-8-2-4-10-22(20)23/h1-4,7-10,12-15,23-24H,5-6,11,16H2,(H,28,31)(H,29,30). The van der Waals surface area contributed by atoms with E-state index in [9.17, 15) is 19.1 Å². The molecule has 164 valence electrons. The fourth-order valence-corrected chi connectivity index (χ4v) is 4.20. The third kappa shape index (κ3) is 4.80. The van der Waals surface area contributed by atoms with Gasteiger partial charge in [-0.1, -0.05) is 60.7 Å². The zero-order chi connectivity index (χ0) is 22.5. The van der Waals surface area contributed by atoms with Gasteiger partial charge in [-0.25, -0.2) is 14.0 Å². The summed E-state index contributed by atoms with van der Waals surface area (Å²) in [5, 5.41) is 11.9. The molecule has 1 amide bonds. The van der Waals surface area contributed by atoms with Crippen molar-refractivity contribution in [1.82, 2.24) is 5.32 Å². The van der Waals surface area contributed by atoms with Crippen LogP contribution in [0.4, 0.5) is 9.18 Å². The second kappa shape index (κ2) is 9.64. The van der Waals surface area contributed by atoms with Gasteiger partial charge in [0, 0.05) is 5.92 Å². The maximum absolute atomic E-state index is 13.0. The fourth-order valence-electron chi connectivity index (χ4n) is 4.20. The molecule has 1 unspecified atom stereocenters. The number of amides is 1. The van der Waals surface area contributed by atoms with Crippen LogP contribution in [-0.2, 0) is 16.0 Å². The predicted molar refractivity (Wildman–Crippen MR) is 119 cm³/mol. The first-order valence-corrected chi connectivity index (χ1v) is 10.6. The Balaban J connectivity index is 1.33. The molecule has 2 N–H and O–H groups in total.